The number of rotatable bonds is 11. The van der Waals surface area contributed by atoms with Gasteiger partial charge in [0, 0.05) is 44.9 Å². The van der Waals surface area contributed by atoms with Crippen molar-refractivity contribution in [1.29, 1.82) is 0 Å². The fraction of sp³-hybridized carbons (Fsp3) is 0.571. The molecule has 3 N–H and O–H groups in total. The number of anilines is 1. The monoisotopic (exact) mass is 656 g/mol. The van der Waals surface area contributed by atoms with Crippen LogP contribution < -0.4 is 20.1 Å². The number of ether oxygens (including phenoxy) is 2. The Labute approximate surface area is 278 Å². The maximum atomic E-state index is 13.9. The molecular formula is C35H49ClN4O6. The molecule has 0 aromatic heterocycles. The summed E-state index contributed by atoms with van der Waals surface area (Å²) in [7, 11) is 1.56. The first-order chi connectivity index (χ1) is 21.7. The average Bonchev–Trinajstić information content (AvgIpc) is 3.05. The molecule has 1 spiro atoms. The van der Waals surface area contributed by atoms with Gasteiger partial charge in [0.2, 0.25) is 17.7 Å². The van der Waals surface area contributed by atoms with Crippen LogP contribution in [0.1, 0.15) is 77.2 Å². The van der Waals surface area contributed by atoms with Crippen LogP contribution in [-0.4, -0.2) is 77.1 Å². The van der Waals surface area contributed by atoms with Crippen molar-refractivity contribution in [2.24, 2.45) is 5.92 Å². The number of hydrogen-bond acceptors (Lipinski definition) is 7. The molecular weight excluding hydrogens is 608 g/mol. The highest BCUT2D eigenvalue weighted by Gasteiger charge is 2.55. The molecule has 3 fully saturated rings. The lowest BCUT2D eigenvalue weighted by Crippen LogP contribution is -2.75. The Morgan fingerprint density at radius 3 is 2.39 bits per heavy atom. The van der Waals surface area contributed by atoms with Crippen LogP contribution in [0.3, 0.4) is 0 Å². The molecule has 10 nitrogen and oxygen atoms in total. The number of aliphatic hydroxyl groups is 1. The van der Waals surface area contributed by atoms with Crippen LogP contribution >= 0.6 is 12.4 Å². The van der Waals surface area contributed by atoms with Gasteiger partial charge in [-0.25, -0.2) is 0 Å². The highest BCUT2D eigenvalue weighted by atomic mass is 35.5. The molecule has 2 atom stereocenters. The summed E-state index contributed by atoms with van der Waals surface area (Å²) < 4.78 is 11.5. The summed E-state index contributed by atoms with van der Waals surface area (Å²) in [5, 5.41) is 16.9. The maximum absolute atomic E-state index is 13.9. The average molecular weight is 657 g/mol. The molecule has 2 aliphatic heterocycles. The minimum atomic E-state index is -0.863. The van der Waals surface area contributed by atoms with Gasteiger partial charge in [-0.15, -0.1) is 12.4 Å². The molecule has 2 saturated heterocycles. The summed E-state index contributed by atoms with van der Waals surface area (Å²) >= 11 is 0. The molecule has 5 rings (SSSR count). The number of benzene rings is 2. The van der Waals surface area contributed by atoms with Crippen LogP contribution in [0, 0.1) is 5.92 Å². The Balaban J connectivity index is 0.00000480. The van der Waals surface area contributed by atoms with E-state index in [2.05, 4.69) is 22.5 Å². The minimum Gasteiger partial charge on any atom is -0.493 e. The van der Waals surface area contributed by atoms with Crippen molar-refractivity contribution < 1.29 is 29.0 Å². The van der Waals surface area contributed by atoms with Crippen molar-refractivity contribution in [3.8, 4) is 17.2 Å². The van der Waals surface area contributed by atoms with E-state index in [0.29, 0.717) is 55.4 Å². The highest BCUT2D eigenvalue weighted by molar-refractivity contribution is 6.00. The maximum Gasteiger partial charge on any atom is 0.248 e. The van der Waals surface area contributed by atoms with Gasteiger partial charge in [0.1, 0.15) is 17.3 Å². The van der Waals surface area contributed by atoms with Crippen molar-refractivity contribution in [1.82, 2.24) is 15.1 Å². The van der Waals surface area contributed by atoms with Gasteiger partial charge >= 0.3 is 0 Å². The van der Waals surface area contributed by atoms with E-state index in [1.807, 2.05) is 29.2 Å². The molecule has 3 amide bonds. The lowest BCUT2D eigenvalue weighted by molar-refractivity contribution is -0.166. The van der Waals surface area contributed by atoms with Gasteiger partial charge in [0.05, 0.1) is 13.2 Å². The summed E-state index contributed by atoms with van der Waals surface area (Å²) in [6.45, 7) is 6.19. The third-order valence-electron chi connectivity index (χ3n) is 9.69. The van der Waals surface area contributed by atoms with Gasteiger partial charge in [-0.1, -0.05) is 44.7 Å². The van der Waals surface area contributed by atoms with Crippen LogP contribution in [-0.2, 0) is 20.9 Å². The van der Waals surface area contributed by atoms with Gasteiger partial charge in [-0.05, 0) is 67.9 Å². The van der Waals surface area contributed by atoms with Crippen LogP contribution in [0.25, 0.3) is 0 Å². The molecule has 2 aromatic carbocycles. The Kier molecular flexibility index (Phi) is 12.3. The van der Waals surface area contributed by atoms with E-state index in [1.54, 1.807) is 25.3 Å². The standard InChI is InChI=1S/C35H48N4O6.ClH/c1-4-5-19-39-33(42)31(32(41)26-9-7-6-8-10-26)37-34(43)35(39)17-20-38(21-18-35)23-25-11-14-28(15-12-25)45-29-16-13-27(36-24(2)40)22-30(29)44-3;/h11-16,22,26,31-32,41H,4-10,17-21,23H2,1-3H3,(H,36,40)(H,37,43);1H/t31-,32?;/m1./s1. The number of carbonyl (C=O) groups excluding carboxylic acids is 3. The molecule has 2 aromatic rings. The second-order valence-corrected chi connectivity index (χ2v) is 12.8. The second-order valence-electron chi connectivity index (χ2n) is 12.8. The van der Waals surface area contributed by atoms with Crippen molar-refractivity contribution >= 4 is 35.8 Å². The number of methoxy groups -OCH3 is 1. The smallest absolute Gasteiger partial charge is 0.248 e. The zero-order chi connectivity index (χ0) is 32.0. The summed E-state index contributed by atoms with van der Waals surface area (Å²) in [5.74, 6) is 1.39. The molecule has 1 saturated carbocycles. The van der Waals surface area contributed by atoms with Gasteiger partial charge in [0.15, 0.2) is 11.5 Å². The molecule has 0 bridgehead atoms. The highest BCUT2D eigenvalue weighted by Crippen LogP contribution is 2.37. The van der Waals surface area contributed by atoms with Crippen LogP contribution in [0.5, 0.6) is 17.2 Å². The van der Waals surface area contributed by atoms with E-state index >= 15 is 0 Å². The van der Waals surface area contributed by atoms with E-state index < -0.39 is 17.7 Å². The Morgan fingerprint density at radius 1 is 1.07 bits per heavy atom. The third-order valence-corrected chi connectivity index (χ3v) is 9.69. The molecule has 3 aliphatic rings. The summed E-state index contributed by atoms with van der Waals surface area (Å²) in [6.07, 6.45) is 7.17. The van der Waals surface area contributed by atoms with E-state index in [-0.39, 0.29) is 36.0 Å². The molecule has 1 unspecified atom stereocenters. The quantitative estimate of drug-likeness (QED) is 0.301. The summed E-state index contributed by atoms with van der Waals surface area (Å²) in [6, 6.07) is 12.3. The minimum absolute atomic E-state index is 0. The van der Waals surface area contributed by atoms with E-state index in [1.165, 1.54) is 13.3 Å². The number of hydrogen-bond donors (Lipinski definition) is 3. The summed E-state index contributed by atoms with van der Waals surface area (Å²) in [5.41, 5.74) is 0.886. The first-order valence-electron chi connectivity index (χ1n) is 16.5. The summed E-state index contributed by atoms with van der Waals surface area (Å²) in [4.78, 5) is 43.2. The number of unbranched alkanes of at least 4 members (excludes halogenated alkanes) is 1. The number of nitrogens with one attached hydrogen (secondary N) is 2. The van der Waals surface area contributed by atoms with Crippen molar-refractivity contribution in [2.45, 2.75) is 95.9 Å². The fourth-order valence-corrected chi connectivity index (χ4v) is 7.12. The molecule has 252 valence electrons. The SMILES string of the molecule is CCCCN1C(=O)[C@@H](C(O)C2CCCCC2)NC(=O)C12CCN(Cc1ccc(Oc3ccc(NC(C)=O)cc3OC)cc1)CC2.Cl. The molecule has 11 heteroatoms. The number of amides is 3. The van der Waals surface area contributed by atoms with E-state index in [0.717, 1.165) is 50.6 Å². The van der Waals surface area contributed by atoms with Crippen molar-refractivity contribution in [3.05, 3.63) is 48.0 Å². The predicted molar refractivity (Wildman–Crippen MR) is 179 cm³/mol. The Bertz CT molecular complexity index is 1340. The van der Waals surface area contributed by atoms with Crippen LogP contribution in [0.15, 0.2) is 42.5 Å². The second kappa shape index (κ2) is 16.0. The lowest BCUT2D eigenvalue weighted by Gasteiger charge is -2.52. The normalized spacial score (nSPS) is 20.9. The van der Waals surface area contributed by atoms with Crippen LogP contribution in [0.2, 0.25) is 0 Å². The van der Waals surface area contributed by atoms with Crippen molar-refractivity contribution in [3.63, 3.8) is 0 Å². The van der Waals surface area contributed by atoms with Gasteiger partial charge in [-0.3, -0.25) is 19.3 Å². The zero-order valence-corrected chi connectivity index (χ0v) is 28.1. The number of nitrogens with zero attached hydrogens (tertiary/aromatic N) is 2. The topological polar surface area (TPSA) is 120 Å². The third kappa shape index (κ3) is 7.96. The largest absolute Gasteiger partial charge is 0.493 e. The van der Waals surface area contributed by atoms with Crippen molar-refractivity contribution in [2.75, 3.05) is 32.1 Å². The van der Waals surface area contributed by atoms with Crippen LogP contribution in [0.4, 0.5) is 5.69 Å². The first kappa shape index (κ1) is 35.5. The number of aliphatic hydroxyl groups excluding tert-OH is 1. The molecule has 0 radical (unpaired) electrons. The Hall–Kier alpha value is -3.34. The van der Waals surface area contributed by atoms with Gasteiger partial charge < -0.3 is 30.1 Å². The molecule has 1 aliphatic carbocycles. The predicted octanol–water partition coefficient (Wildman–Crippen LogP) is 5.27. The number of piperazine rings is 1. The van der Waals surface area contributed by atoms with Gasteiger partial charge in [0.25, 0.3) is 0 Å². The van der Waals surface area contributed by atoms with E-state index in [4.69, 9.17) is 9.47 Å². The number of carbonyl (C=O) groups is 3. The fourth-order valence-electron chi connectivity index (χ4n) is 7.12. The van der Waals surface area contributed by atoms with Gasteiger partial charge in [-0.2, -0.15) is 0 Å². The number of halogens is 1. The lowest BCUT2D eigenvalue weighted by atomic mass is 9.78. The zero-order valence-electron chi connectivity index (χ0n) is 27.3. The molecule has 2 heterocycles. The Morgan fingerprint density at radius 2 is 1.76 bits per heavy atom. The number of piperidine rings is 1. The van der Waals surface area contributed by atoms with E-state index in [9.17, 15) is 19.5 Å². The number of likely N-dealkylation sites (tertiary alicyclic amines) is 1. The first-order valence-corrected chi connectivity index (χ1v) is 16.5. The molecule has 46 heavy (non-hydrogen) atoms.